The molecule has 0 fully saturated rings. The van der Waals surface area contributed by atoms with E-state index >= 15 is 0 Å². The normalized spacial score (nSPS) is 12.4. The van der Waals surface area contributed by atoms with E-state index < -0.39 is 29.9 Å². The van der Waals surface area contributed by atoms with Crippen LogP contribution in [0.5, 0.6) is 5.75 Å². The predicted molar refractivity (Wildman–Crippen MR) is 85.8 cm³/mol. The van der Waals surface area contributed by atoms with Crippen molar-refractivity contribution in [3.05, 3.63) is 36.7 Å². The lowest BCUT2D eigenvalue weighted by Gasteiger charge is -2.18. The van der Waals surface area contributed by atoms with Crippen LogP contribution in [0.2, 0.25) is 0 Å². The van der Waals surface area contributed by atoms with E-state index in [-0.39, 0.29) is 5.69 Å². The molecule has 0 aromatic heterocycles. The summed E-state index contributed by atoms with van der Waals surface area (Å²) in [5, 5.41) is 2.78. The lowest BCUT2D eigenvalue weighted by molar-refractivity contribution is -0.275. The summed E-state index contributed by atoms with van der Waals surface area (Å²) in [4.78, 5) is 11.8. The second-order valence-corrected chi connectivity index (χ2v) is 5.34. The Morgan fingerprint density at radius 1 is 1.32 bits per heavy atom. The minimum Gasteiger partial charge on any atom is -0.467 e. The zero-order valence-electron chi connectivity index (χ0n) is 13.9. The molecule has 0 bridgehead atoms. The monoisotopic (exact) mass is 363 g/mol. The van der Waals surface area contributed by atoms with Crippen LogP contribution in [-0.2, 0) is 9.53 Å². The van der Waals surface area contributed by atoms with Crippen LogP contribution in [0, 0.1) is 5.82 Å². The highest BCUT2D eigenvalue weighted by Crippen LogP contribution is 2.28. The van der Waals surface area contributed by atoms with Crippen molar-refractivity contribution in [2.45, 2.75) is 44.5 Å². The fourth-order valence-electron chi connectivity index (χ4n) is 2.20. The topological polar surface area (TPSA) is 47.6 Å². The molecule has 0 aliphatic heterocycles. The van der Waals surface area contributed by atoms with E-state index in [9.17, 15) is 22.4 Å². The number of esters is 1. The van der Waals surface area contributed by atoms with Crippen molar-refractivity contribution >= 4 is 11.7 Å². The van der Waals surface area contributed by atoms with Gasteiger partial charge in [-0.2, -0.15) is 0 Å². The smallest absolute Gasteiger partial charge is 0.467 e. The van der Waals surface area contributed by atoms with E-state index in [0.29, 0.717) is 6.42 Å². The molecule has 1 N–H and O–H groups in total. The summed E-state index contributed by atoms with van der Waals surface area (Å²) >= 11 is 0. The molecule has 0 saturated heterocycles. The molecular weight excluding hydrogens is 342 g/mol. The molecule has 0 saturated carbocycles. The molecule has 0 aliphatic carbocycles. The van der Waals surface area contributed by atoms with Gasteiger partial charge >= 0.3 is 12.3 Å². The SMILES string of the molecule is C=CCCCCC[C@H](Nc1ccc(OC(F)(F)F)c(F)c1)C(=O)OC. The van der Waals surface area contributed by atoms with Gasteiger partial charge in [0.2, 0.25) is 0 Å². The van der Waals surface area contributed by atoms with Crippen LogP contribution < -0.4 is 10.1 Å². The van der Waals surface area contributed by atoms with Crippen molar-refractivity contribution in [2.24, 2.45) is 0 Å². The Balaban J connectivity index is 2.71. The Kier molecular flexibility index (Phi) is 8.24. The number of allylic oxidation sites excluding steroid dienone is 1. The van der Waals surface area contributed by atoms with Crippen LogP contribution in [0.1, 0.15) is 32.1 Å². The molecule has 0 amide bonds. The van der Waals surface area contributed by atoms with E-state index in [2.05, 4.69) is 16.6 Å². The third-order valence-corrected chi connectivity index (χ3v) is 3.39. The van der Waals surface area contributed by atoms with E-state index in [1.165, 1.54) is 13.2 Å². The van der Waals surface area contributed by atoms with Crippen molar-refractivity contribution in [1.29, 1.82) is 0 Å². The number of methoxy groups -OCH3 is 1. The Bertz CT molecular complexity index is 576. The largest absolute Gasteiger partial charge is 0.573 e. The third kappa shape index (κ3) is 7.91. The number of ether oxygens (including phenoxy) is 2. The number of carbonyl (C=O) groups is 1. The maximum Gasteiger partial charge on any atom is 0.573 e. The van der Waals surface area contributed by atoms with Crippen molar-refractivity contribution in [1.82, 2.24) is 0 Å². The summed E-state index contributed by atoms with van der Waals surface area (Å²) in [6.07, 6.45) is 0.718. The van der Waals surface area contributed by atoms with Crippen LogP contribution in [-0.4, -0.2) is 25.5 Å². The average Bonchev–Trinajstić information content (AvgIpc) is 2.54. The van der Waals surface area contributed by atoms with E-state index in [1.807, 2.05) is 6.08 Å². The molecule has 0 heterocycles. The molecule has 25 heavy (non-hydrogen) atoms. The molecule has 4 nitrogen and oxygen atoms in total. The first-order valence-corrected chi connectivity index (χ1v) is 7.77. The number of rotatable bonds is 10. The van der Waals surface area contributed by atoms with Gasteiger partial charge in [0.25, 0.3) is 0 Å². The fourth-order valence-corrected chi connectivity index (χ4v) is 2.20. The zero-order chi connectivity index (χ0) is 18.9. The van der Waals surface area contributed by atoms with Gasteiger partial charge < -0.3 is 14.8 Å². The molecule has 8 heteroatoms. The van der Waals surface area contributed by atoms with Crippen molar-refractivity contribution < 1.29 is 31.8 Å². The van der Waals surface area contributed by atoms with E-state index in [0.717, 1.165) is 37.8 Å². The quantitative estimate of drug-likeness (QED) is 0.280. The highest BCUT2D eigenvalue weighted by Gasteiger charge is 2.32. The van der Waals surface area contributed by atoms with E-state index in [4.69, 9.17) is 4.74 Å². The van der Waals surface area contributed by atoms with Crippen molar-refractivity contribution in [2.75, 3.05) is 12.4 Å². The highest BCUT2D eigenvalue weighted by atomic mass is 19.4. The maximum absolute atomic E-state index is 13.7. The Labute approximate surface area is 143 Å². The van der Waals surface area contributed by atoms with Gasteiger partial charge in [0.1, 0.15) is 6.04 Å². The minimum absolute atomic E-state index is 0.161. The number of nitrogens with one attached hydrogen (secondary N) is 1. The Morgan fingerprint density at radius 3 is 2.60 bits per heavy atom. The standard InChI is InChI=1S/C17H21F4NO3/c1-3-4-5-6-7-8-14(16(23)24-2)22-12-9-10-15(13(18)11-12)25-17(19,20)21/h3,9-11,14,22H,1,4-8H2,2H3/t14-/m0/s1. The van der Waals surface area contributed by atoms with Gasteiger partial charge in [0.15, 0.2) is 11.6 Å². The number of hydrogen-bond acceptors (Lipinski definition) is 4. The number of hydrogen-bond donors (Lipinski definition) is 1. The summed E-state index contributed by atoms with van der Waals surface area (Å²) in [6, 6.07) is 2.18. The van der Waals surface area contributed by atoms with Crippen LogP contribution in [0.3, 0.4) is 0 Å². The van der Waals surface area contributed by atoms with Crippen molar-refractivity contribution in [3.8, 4) is 5.75 Å². The van der Waals surface area contributed by atoms with E-state index in [1.54, 1.807) is 0 Å². The maximum atomic E-state index is 13.7. The second kappa shape index (κ2) is 9.90. The minimum atomic E-state index is -4.98. The van der Waals surface area contributed by atoms with Gasteiger partial charge in [-0.15, -0.1) is 19.8 Å². The van der Waals surface area contributed by atoms with Gasteiger partial charge in [-0.3, -0.25) is 0 Å². The predicted octanol–water partition coefficient (Wildman–Crippen LogP) is 4.81. The molecule has 1 rings (SSSR count). The first-order valence-electron chi connectivity index (χ1n) is 7.77. The number of alkyl halides is 3. The van der Waals surface area contributed by atoms with Crippen LogP contribution in [0.4, 0.5) is 23.2 Å². The van der Waals surface area contributed by atoms with Crippen LogP contribution >= 0.6 is 0 Å². The van der Waals surface area contributed by atoms with Crippen LogP contribution in [0.15, 0.2) is 30.9 Å². The summed E-state index contributed by atoms with van der Waals surface area (Å²) in [5.41, 5.74) is 0.161. The number of halogens is 4. The van der Waals surface area contributed by atoms with Gasteiger partial charge in [0.05, 0.1) is 7.11 Å². The number of anilines is 1. The zero-order valence-corrected chi connectivity index (χ0v) is 13.9. The average molecular weight is 363 g/mol. The molecule has 0 spiro atoms. The van der Waals surface area contributed by atoms with Gasteiger partial charge in [0, 0.05) is 11.8 Å². The summed E-state index contributed by atoms with van der Waals surface area (Å²) < 4.78 is 58.4. The van der Waals surface area contributed by atoms with Gasteiger partial charge in [-0.1, -0.05) is 18.9 Å². The van der Waals surface area contributed by atoms with Crippen molar-refractivity contribution in [3.63, 3.8) is 0 Å². The highest BCUT2D eigenvalue weighted by molar-refractivity contribution is 5.79. The molecular formula is C17H21F4NO3. The molecule has 0 unspecified atom stereocenters. The first-order chi connectivity index (χ1) is 11.8. The first kappa shape index (κ1) is 20.8. The number of benzene rings is 1. The van der Waals surface area contributed by atoms with Gasteiger partial charge in [-0.25, -0.2) is 9.18 Å². The molecule has 140 valence electrons. The molecule has 1 aromatic carbocycles. The third-order valence-electron chi connectivity index (χ3n) is 3.39. The molecule has 0 radical (unpaired) electrons. The lowest BCUT2D eigenvalue weighted by Crippen LogP contribution is -2.30. The summed E-state index contributed by atoms with van der Waals surface area (Å²) in [6.45, 7) is 3.63. The molecule has 0 aliphatic rings. The Hall–Kier alpha value is -2.25. The van der Waals surface area contributed by atoms with Gasteiger partial charge in [-0.05, 0) is 31.4 Å². The number of unbranched alkanes of at least 4 members (excludes halogenated alkanes) is 3. The van der Waals surface area contributed by atoms with Crippen LogP contribution in [0.25, 0.3) is 0 Å². The Morgan fingerprint density at radius 2 is 2.04 bits per heavy atom. The summed E-state index contributed by atoms with van der Waals surface area (Å²) in [5.74, 6) is -2.64. The molecule has 1 aromatic rings. The fraction of sp³-hybridized carbons (Fsp3) is 0.471. The summed E-state index contributed by atoms with van der Waals surface area (Å²) in [7, 11) is 1.23. The second-order valence-electron chi connectivity index (χ2n) is 5.34. The lowest BCUT2D eigenvalue weighted by atomic mass is 10.1. The molecule has 1 atom stereocenters. The number of carbonyl (C=O) groups excluding carboxylic acids is 1.